The number of nitrogens with one attached hydrogen (secondary N) is 1. The standard InChI is InChI=1S/C24H30N4O2/c1-14(2)28(27-12-18-9-17(27)13-30-18)24(29)16-7-20-19-5-4-6-21-23(19)15(10-25-21)8-22(20)26(3)11-16/h4-7,10,14,16-18,22,25H,8-9,11-13H2,1-3H3. The van der Waals surface area contributed by atoms with Gasteiger partial charge in [0.05, 0.1) is 24.7 Å². The Kier molecular flexibility index (Phi) is 4.14. The number of hydrogen-bond acceptors (Lipinski definition) is 4. The maximum absolute atomic E-state index is 13.8. The average Bonchev–Trinajstić information content (AvgIpc) is 3.45. The van der Waals surface area contributed by atoms with Gasteiger partial charge in [-0.05, 0) is 56.5 Å². The Morgan fingerprint density at radius 1 is 1.30 bits per heavy atom. The van der Waals surface area contributed by atoms with Crippen LogP contribution in [0.25, 0.3) is 16.5 Å². The summed E-state index contributed by atoms with van der Waals surface area (Å²) in [6, 6.07) is 7.30. The Morgan fingerprint density at radius 3 is 2.90 bits per heavy atom. The molecule has 1 N–H and O–H groups in total. The van der Waals surface area contributed by atoms with Gasteiger partial charge in [0.2, 0.25) is 5.91 Å². The van der Waals surface area contributed by atoms with Crippen LogP contribution in [0.4, 0.5) is 0 Å². The molecule has 2 fully saturated rings. The number of likely N-dealkylation sites (N-methyl/N-ethyl adjacent to an activating group) is 1. The third-order valence-electron chi connectivity index (χ3n) is 7.45. The molecule has 4 atom stereocenters. The fourth-order valence-electron chi connectivity index (χ4n) is 6.10. The van der Waals surface area contributed by atoms with Crippen LogP contribution in [0, 0.1) is 5.92 Å². The number of hydrazine groups is 1. The van der Waals surface area contributed by atoms with Crippen LogP contribution in [0.1, 0.15) is 31.4 Å². The molecule has 0 saturated carbocycles. The Bertz CT molecular complexity index is 1040. The summed E-state index contributed by atoms with van der Waals surface area (Å²) in [7, 11) is 2.17. The van der Waals surface area contributed by atoms with Gasteiger partial charge in [0.25, 0.3) is 0 Å². The van der Waals surface area contributed by atoms with Crippen LogP contribution in [0.2, 0.25) is 0 Å². The van der Waals surface area contributed by atoms with Crippen molar-refractivity contribution in [2.24, 2.45) is 5.92 Å². The number of rotatable bonds is 3. The molecule has 1 aromatic heterocycles. The number of ether oxygens (including phenoxy) is 1. The maximum Gasteiger partial charge on any atom is 0.245 e. The van der Waals surface area contributed by atoms with Crippen LogP contribution in [0.15, 0.2) is 30.5 Å². The Balaban J connectivity index is 1.37. The number of H-pyrrole nitrogens is 1. The van der Waals surface area contributed by atoms with Crippen molar-refractivity contribution in [2.45, 2.75) is 50.9 Å². The van der Waals surface area contributed by atoms with Crippen molar-refractivity contribution in [3.05, 3.63) is 41.6 Å². The molecular formula is C24H30N4O2. The van der Waals surface area contributed by atoms with Crippen LogP contribution in [0.3, 0.4) is 0 Å². The third-order valence-corrected chi connectivity index (χ3v) is 7.45. The lowest BCUT2D eigenvalue weighted by Crippen LogP contribution is -2.58. The van der Waals surface area contributed by atoms with E-state index in [0.717, 1.165) is 32.5 Å². The number of hydrogen-bond donors (Lipinski definition) is 1. The van der Waals surface area contributed by atoms with Crippen molar-refractivity contribution in [3.8, 4) is 0 Å². The van der Waals surface area contributed by atoms with Gasteiger partial charge in [-0.1, -0.05) is 18.2 Å². The summed E-state index contributed by atoms with van der Waals surface area (Å²) in [5.41, 5.74) is 5.18. The highest BCUT2D eigenvalue weighted by molar-refractivity contribution is 5.99. The van der Waals surface area contributed by atoms with Crippen LogP contribution < -0.4 is 0 Å². The normalized spacial score (nSPS) is 30.7. The lowest BCUT2D eigenvalue weighted by molar-refractivity contribution is -0.167. The fourth-order valence-corrected chi connectivity index (χ4v) is 6.10. The summed E-state index contributed by atoms with van der Waals surface area (Å²) in [5.74, 6) is 0.0989. The number of morpholine rings is 1. The smallest absolute Gasteiger partial charge is 0.245 e. The maximum atomic E-state index is 13.8. The lowest BCUT2D eigenvalue weighted by Gasteiger charge is -2.44. The molecule has 0 radical (unpaired) electrons. The minimum atomic E-state index is -0.126. The predicted molar refractivity (Wildman–Crippen MR) is 117 cm³/mol. The Labute approximate surface area is 177 Å². The van der Waals surface area contributed by atoms with Gasteiger partial charge in [0.15, 0.2) is 0 Å². The zero-order valence-electron chi connectivity index (χ0n) is 18.0. The van der Waals surface area contributed by atoms with Gasteiger partial charge in [-0.15, -0.1) is 0 Å². The van der Waals surface area contributed by atoms with Crippen LogP contribution >= 0.6 is 0 Å². The Hall–Kier alpha value is -2.15. The fraction of sp³-hybridized carbons (Fsp3) is 0.542. The van der Waals surface area contributed by atoms with Gasteiger partial charge < -0.3 is 9.72 Å². The molecule has 4 heterocycles. The molecule has 2 saturated heterocycles. The predicted octanol–water partition coefficient (Wildman–Crippen LogP) is 2.66. The van der Waals surface area contributed by atoms with Gasteiger partial charge >= 0.3 is 0 Å². The molecule has 1 aromatic carbocycles. The summed E-state index contributed by atoms with van der Waals surface area (Å²) in [6.07, 6.45) is 6.76. The number of amides is 1. The number of aromatic amines is 1. The molecule has 2 bridgehead atoms. The van der Waals surface area contributed by atoms with Crippen LogP contribution in [-0.4, -0.2) is 76.8 Å². The van der Waals surface area contributed by atoms with E-state index < -0.39 is 0 Å². The molecule has 1 aliphatic carbocycles. The summed E-state index contributed by atoms with van der Waals surface area (Å²) in [4.78, 5) is 19.6. The zero-order chi connectivity index (χ0) is 20.6. The van der Waals surface area contributed by atoms with E-state index >= 15 is 0 Å². The summed E-state index contributed by atoms with van der Waals surface area (Å²) in [5, 5.41) is 5.66. The highest BCUT2D eigenvalue weighted by Gasteiger charge is 2.46. The molecule has 6 heteroatoms. The molecule has 0 spiro atoms. The monoisotopic (exact) mass is 406 g/mol. The van der Waals surface area contributed by atoms with E-state index in [9.17, 15) is 4.79 Å². The molecule has 158 valence electrons. The SMILES string of the molecule is CC(C)N(C(=O)C1C=C2c3cccc4[nH]cc(c34)CC2N(C)C1)N1CC2CC1CO2. The van der Waals surface area contributed by atoms with Gasteiger partial charge in [-0.25, -0.2) is 5.01 Å². The average molecular weight is 407 g/mol. The molecule has 4 aliphatic rings. The molecule has 1 amide bonds. The van der Waals surface area contributed by atoms with E-state index in [1.54, 1.807) is 0 Å². The lowest BCUT2D eigenvalue weighted by atomic mass is 9.79. The van der Waals surface area contributed by atoms with E-state index in [1.165, 1.54) is 27.6 Å². The molecule has 30 heavy (non-hydrogen) atoms. The number of carbonyl (C=O) groups is 1. The quantitative estimate of drug-likeness (QED) is 0.852. The molecule has 6 nitrogen and oxygen atoms in total. The highest BCUT2D eigenvalue weighted by Crippen LogP contribution is 2.41. The first kappa shape index (κ1) is 18.6. The minimum Gasteiger partial charge on any atom is -0.375 e. The molecule has 4 unspecified atom stereocenters. The summed E-state index contributed by atoms with van der Waals surface area (Å²) < 4.78 is 5.78. The third kappa shape index (κ3) is 2.63. The van der Waals surface area contributed by atoms with Gasteiger partial charge in [0.1, 0.15) is 0 Å². The van der Waals surface area contributed by atoms with Crippen molar-refractivity contribution in [3.63, 3.8) is 0 Å². The van der Waals surface area contributed by atoms with Gasteiger partial charge in [0, 0.05) is 42.3 Å². The minimum absolute atomic E-state index is 0.126. The first-order valence-electron chi connectivity index (χ1n) is 11.2. The van der Waals surface area contributed by atoms with Crippen LogP contribution in [0.5, 0.6) is 0 Å². The number of carbonyl (C=O) groups excluding carboxylic acids is 1. The molecule has 3 aliphatic heterocycles. The van der Waals surface area contributed by atoms with Crippen molar-refractivity contribution >= 4 is 22.4 Å². The molecule has 6 rings (SSSR count). The molecule has 2 aromatic rings. The highest BCUT2D eigenvalue weighted by atomic mass is 16.5. The second-order valence-electron chi connectivity index (χ2n) is 9.67. The largest absolute Gasteiger partial charge is 0.375 e. The van der Waals surface area contributed by atoms with E-state index in [-0.39, 0.29) is 24.0 Å². The first-order chi connectivity index (χ1) is 14.5. The summed E-state index contributed by atoms with van der Waals surface area (Å²) in [6.45, 7) is 6.60. The zero-order valence-corrected chi connectivity index (χ0v) is 18.0. The van der Waals surface area contributed by atoms with E-state index in [2.05, 4.69) is 66.3 Å². The second kappa shape index (κ2) is 6.67. The van der Waals surface area contributed by atoms with E-state index in [1.807, 2.05) is 5.01 Å². The number of aromatic nitrogens is 1. The number of nitrogens with zero attached hydrogens (tertiary/aromatic N) is 3. The van der Waals surface area contributed by atoms with E-state index in [4.69, 9.17) is 4.74 Å². The molecular weight excluding hydrogens is 376 g/mol. The van der Waals surface area contributed by atoms with Crippen molar-refractivity contribution in [1.82, 2.24) is 19.9 Å². The topological polar surface area (TPSA) is 51.8 Å². The Morgan fingerprint density at radius 2 is 2.17 bits per heavy atom. The van der Waals surface area contributed by atoms with Crippen molar-refractivity contribution in [1.29, 1.82) is 0 Å². The van der Waals surface area contributed by atoms with Crippen molar-refractivity contribution in [2.75, 3.05) is 26.7 Å². The van der Waals surface area contributed by atoms with Gasteiger partial charge in [-0.2, -0.15) is 0 Å². The number of benzene rings is 1. The van der Waals surface area contributed by atoms with Crippen LogP contribution in [-0.2, 0) is 16.0 Å². The van der Waals surface area contributed by atoms with Crippen molar-refractivity contribution < 1.29 is 9.53 Å². The van der Waals surface area contributed by atoms with E-state index in [0.29, 0.717) is 12.1 Å². The number of fused-ring (bicyclic) bond motifs is 4. The van der Waals surface area contributed by atoms with Gasteiger partial charge in [-0.3, -0.25) is 14.7 Å². The first-order valence-corrected chi connectivity index (χ1v) is 11.2. The summed E-state index contributed by atoms with van der Waals surface area (Å²) >= 11 is 0. The second-order valence-corrected chi connectivity index (χ2v) is 9.67.